The first-order chi connectivity index (χ1) is 18.7. The van der Waals surface area contributed by atoms with E-state index in [-0.39, 0.29) is 0 Å². The summed E-state index contributed by atoms with van der Waals surface area (Å²) in [4.78, 5) is 12.5. The minimum Gasteiger partial charge on any atom is -0.477 e. The van der Waals surface area contributed by atoms with E-state index in [0.29, 0.717) is 0 Å². The number of aliphatic hydroxyl groups is 9. The van der Waals surface area contributed by atoms with Crippen molar-refractivity contribution in [2.24, 2.45) is 11.8 Å². The number of hydrogen-bond donors (Lipinski definition) is 10. The molecule has 0 aliphatic carbocycles. The van der Waals surface area contributed by atoms with E-state index >= 15 is 0 Å². The van der Waals surface area contributed by atoms with Gasteiger partial charge in [-0.2, -0.15) is 0 Å². The van der Waals surface area contributed by atoms with Crippen molar-refractivity contribution in [1.29, 1.82) is 0 Å². The second kappa shape index (κ2) is 13.5. The molecule has 16 unspecified atom stereocenters. The molecule has 0 aromatic rings. The number of ether oxygens (including phenoxy) is 5. The predicted octanol–water partition coefficient (Wildman–Crippen LogP) is -4.75. The Morgan fingerprint density at radius 3 is 2.10 bits per heavy atom. The molecule has 0 saturated carbocycles. The molecule has 0 aromatic carbocycles. The maximum Gasteiger partial charge on any atom is 0.364 e. The van der Waals surface area contributed by atoms with E-state index in [9.17, 15) is 55.9 Å². The van der Waals surface area contributed by atoms with Crippen molar-refractivity contribution < 1.29 is 79.5 Å². The van der Waals surface area contributed by atoms with Gasteiger partial charge in [-0.1, -0.05) is 13.8 Å². The smallest absolute Gasteiger partial charge is 0.364 e. The number of aliphatic carboxylic acids is 1. The Kier molecular flexibility index (Phi) is 11.3. The standard InChI is InChI=1S/C24H42O16/c1-8-11(28)4-24(23(34)35,39-19(8)9(2)12(29)5-25)40-21-16(31)13(6-26)37-22(18(21)33)38-20-14(7-27)36-10(3)15(30)17(20)32/h8-22,25-33H,4-7H2,1-3H3,(H,34,35). The zero-order valence-corrected chi connectivity index (χ0v) is 22.4. The maximum atomic E-state index is 12.5. The number of hydrogen-bond acceptors (Lipinski definition) is 15. The van der Waals surface area contributed by atoms with Gasteiger partial charge in [0.15, 0.2) is 6.29 Å². The summed E-state index contributed by atoms with van der Waals surface area (Å²) >= 11 is 0. The lowest BCUT2D eigenvalue weighted by atomic mass is 9.81. The second-order valence-electron chi connectivity index (χ2n) is 10.8. The molecule has 3 fully saturated rings. The van der Waals surface area contributed by atoms with Gasteiger partial charge >= 0.3 is 5.97 Å². The SMILES string of the molecule is CC1OC(CO)C(OC2OC(CO)C(O)C(OC3(C(=O)O)CC(O)C(C)C(C(C)C(O)CO)O3)C2O)C(O)C1O. The minimum atomic E-state index is -2.67. The average Bonchev–Trinajstić information content (AvgIpc) is 2.93. The molecule has 3 aliphatic rings. The van der Waals surface area contributed by atoms with Crippen molar-refractivity contribution in [1.82, 2.24) is 0 Å². The predicted molar refractivity (Wildman–Crippen MR) is 128 cm³/mol. The van der Waals surface area contributed by atoms with Crippen LogP contribution in [0.15, 0.2) is 0 Å². The van der Waals surface area contributed by atoms with Crippen LogP contribution in [0.3, 0.4) is 0 Å². The molecule has 10 N–H and O–H groups in total. The van der Waals surface area contributed by atoms with Gasteiger partial charge < -0.3 is 74.7 Å². The molecule has 40 heavy (non-hydrogen) atoms. The quantitative estimate of drug-likeness (QED) is 0.115. The zero-order valence-electron chi connectivity index (χ0n) is 22.4. The first-order valence-corrected chi connectivity index (χ1v) is 13.2. The van der Waals surface area contributed by atoms with Gasteiger partial charge in [0, 0.05) is 18.3 Å². The first kappa shape index (κ1) is 33.4. The van der Waals surface area contributed by atoms with Crippen LogP contribution in [0.4, 0.5) is 0 Å². The van der Waals surface area contributed by atoms with E-state index in [0.717, 1.165) is 0 Å². The molecular formula is C24H42O16. The summed E-state index contributed by atoms with van der Waals surface area (Å²) in [7, 11) is 0. The molecule has 16 heteroatoms. The topological polar surface area (TPSA) is 266 Å². The van der Waals surface area contributed by atoms with E-state index < -0.39 is 129 Å². The van der Waals surface area contributed by atoms with Crippen molar-refractivity contribution in [2.75, 3.05) is 19.8 Å². The van der Waals surface area contributed by atoms with Crippen LogP contribution in [-0.4, -0.2) is 162 Å². The summed E-state index contributed by atoms with van der Waals surface area (Å²) in [6.45, 7) is 2.32. The van der Waals surface area contributed by atoms with E-state index in [1.807, 2.05) is 0 Å². The minimum absolute atomic E-state index is 0.653. The molecule has 3 saturated heterocycles. The molecular weight excluding hydrogens is 544 g/mol. The van der Waals surface area contributed by atoms with Crippen LogP contribution in [0.1, 0.15) is 27.2 Å². The Morgan fingerprint density at radius 2 is 1.55 bits per heavy atom. The van der Waals surface area contributed by atoms with Crippen molar-refractivity contribution in [3.63, 3.8) is 0 Å². The Labute approximate surface area is 230 Å². The largest absolute Gasteiger partial charge is 0.477 e. The summed E-state index contributed by atoms with van der Waals surface area (Å²) in [6, 6.07) is 0. The van der Waals surface area contributed by atoms with Gasteiger partial charge in [0.25, 0.3) is 5.79 Å². The van der Waals surface area contributed by atoms with Gasteiger partial charge in [-0.3, -0.25) is 0 Å². The fourth-order valence-electron chi connectivity index (χ4n) is 5.41. The van der Waals surface area contributed by atoms with Crippen LogP contribution in [0.2, 0.25) is 0 Å². The van der Waals surface area contributed by atoms with Crippen molar-refractivity contribution in [3.8, 4) is 0 Å². The van der Waals surface area contributed by atoms with Crippen LogP contribution in [0.25, 0.3) is 0 Å². The highest BCUT2D eigenvalue weighted by molar-refractivity contribution is 5.76. The lowest BCUT2D eigenvalue weighted by Crippen LogP contribution is -2.67. The first-order valence-electron chi connectivity index (χ1n) is 13.2. The summed E-state index contributed by atoms with van der Waals surface area (Å²) < 4.78 is 28.0. The van der Waals surface area contributed by atoms with E-state index in [4.69, 9.17) is 23.7 Å². The monoisotopic (exact) mass is 586 g/mol. The molecule has 234 valence electrons. The molecule has 16 atom stereocenters. The Morgan fingerprint density at radius 1 is 0.925 bits per heavy atom. The summed E-state index contributed by atoms with van der Waals surface area (Å²) in [5.41, 5.74) is 0. The van der Waals surface area contributed by atoms with Crippen LogP contribution in [0, 0.1) is 11.8 Å². The summed E-state index contributed by atoms with van der Waals surface area (Å²) in [6.07, 6.45) is -20.1. The lowest BCUT2D eigenvalue weighted by molar-refractivity contribution is -0.381. The Balaban J connectivity index is 1.90. The lowest BCUT2D eigenvalue weighted by Gasteiger charge is -2.50. The van der Waals surface area contributed by atoms with Gasteiger partial charge in [-0.15, -0.1) is 0 Å². The number of carboxylic acids is 1. The average molecular weight is 587 g/mol. The fraction of sp³-hybridized carbons (Fsp3) is 0.958. The maximum absolute atomic E-state index is 12.5. The normalized spacial score (nSPS) is 48.0. The highest BCUT2D eigenvalue weighted by Crippen LogP contribution is 2.41. The molecule has 3 heterocycles. The van der Waals surface area contributed by atoms with Gasteiger partial charge in [-0.25, -0.2) is 4.79 Å². The molecule has 0 aromatic heterocycles. The van der Waals surface area contributed by atoms with Crippen molar-refractivity contribution >= 4 is 5.97 Å². The van der Waals surface area contributed by atoms with Crippen molar-refractivity contribution in [3.05, 3.63) is 0 Å². The molecule has 0 radical (unpaired) electrons. The van der Waals surface area contributed by atoms with Gasteiger partial charge in [0.1, 0.15) is 48.8 Å². The van der Waals surface area contributed by atoms with Crippen molar-refractivity contribution in [2.45, 2.75) is 113 Å². The molecule has 0 amide bonds. The van der Waals surface area contributed by atoms with Gasteiger partial charge in [0.05, 0.1) is 44.2 Å². The Bertz CT molecular complexity index is 831. The number of aliphatic hydroxyl groups excluding tert-OH is 9. The van der Waals surface area contributed by atoms with Crippen LogP contribution in [0.5, 0.6) is 0 Å². The van der Waals surface area contributed by atoms with Gasteiger partial charge in [0.2, 0.25) is 0 Å². The molecule has 0 bridgehead atoms. The second-order valence-corrected chi connectivity index (χ2v) is 10.8. The highest BCUT2D eigenvalue weighted by Gasteiger charge is 2.58. The third-order valence-corrected chi connectivity index (χ3v) is 8.11. The third-order valence-electron chi connectivity index (χ3n) is 8.11. The molecule has 3 aliphatic heterocycles. The molecule has 3 rings (SSSR count). The highest BCUT2D eigenvalue weighted by atomic mass is 16.8. The fourth-order valence-corrected chi connectivity index (χ4v) is 5.41. The number of rotatable bonds is 10. The van der Waals surface area contributed by atoms with Crippen LogP contribution >= 0.6 is 0 Å². The van der Waals surface area contributed by atoms with E-state index in [2.05, 4.69) is 0 Å². The van der Waals surface area contributed by atoms with Crippen LogP contribution < -0.4 is 0 Å². The van der Waals surface area contributed by atoms with Gasteiger partial charge in [-0.05, 0) is 6.92 Å². The molecule has 16 nitrogen and oxygen atoms in total. The summed E-state index contributed by atoms with van der Waals surface area (Å²) in [5.74, 6) is -5.98. The zero-order chi connectivity index (χ0) is 30.1. The van der Waals surface area contributed by atoms with E-state index in [1.54, 1.807) is 6.92 Å². The number of carboxylic acid groups (broad SMARTS) is 1. The van der Waals surface area contributed by atoms with E-state index in [1.165, 1.54) is 13.8 Å². The van der Waals surface area contributed by atoms with Crippen LogP contribution in [-0.2, 0) is 28.5 Å². The number of carbonyl (C=O) groups is 1. The third kappa shape index (κ3) is 6.45. The Hall–Kier alpha value is -1.09. The molecule has 0 spiro atoms. The summed E-state index contributed by atoms with van der Waals surface area (Å²) in [5, 5.41) is 103.